The topological polar surface area (TPSA) is 91.6 Å². The number of ether oxygens (including phenoxy) is 1. The van der Waals surface area contributed by atoms with E-state index in [0.29, 0.717) is 73.4 Å². The van der Waals surface area contributed by atoms with Gasteiger partial charge in [0.1, 0.15) is 11.6 Å². The molecule has 1 aliphatic heterocycles. The monoisotopic (exact) mass is 543 g/mol. The zero-order valence-electron chi connectivity index (χ0n) is 23.0. The first kappa shape index (κ1) is 27.7. The Hall–Kier alpha value is -2.89. The summed E-state index contributed by atoms with van der Waals surface area (Å²) >= 11 is 0. The lowest BCUT2D eigenvalue weighted by atomic mass is 9.85. The summed E-state index contributed by atoms with van der Waals surface area (Å²) in [4.78, 5) is 18.0. The summed E-state index contributed by atoms with van der Waals surface area (Å²) in [6, 6.07) is 9.33. The van der Waals surface area contributed by atoms with Crippen LogP contribution in [0.25, 0.3) is 16.9 Å². The Morgan fingerprint density at radius 3 is 2.51 bits per heavy atom. The van der Waals surface area contributed by atoms with Crippen molar-refractivity contribution in [2.24, 2.45) is 5.92 Å². The lowest BCUT2D eigenvalue weighted by Gasteiger charge is -2.37. The molecule has 2 fully saturated rings. The van der Waals surface area contributed by atoms with Crippen LogP contribution in [-0.4, -0.2) is 87.6 Å². The largest absolute Gasteiger partial charge is 0.389 e. The molecule has 2 aromatic heterocycles. The summed E-state index contributed by atoms with van der Waals surface area (Å²) in [6.07, 6.45) is 1.55. The van der Waals surface area contributed by atoms with Crippen LogP contribution in [0.2, 0.25) is 0 Å². The zero-order chi connectivity index (χ0) is 27.6. The Morgan fingerprint density at radius 1 is 1.10 bits per heavy atom. The third kappa shape index (κ3) is 6.64. The zero-order valence-corrected chi connectivity index (χ0v) is 23.0. The number of aromatic nitrogens is 4. The molecular weight excluding hydrogens is 504 g/mol. The van der Waals surface area contributed by atoms with E-state index in [1.54, 1.807) is 24.3 Å². The highest BCUT2D eigenvalue weighted by Gasteiger charge is 2.28. The SMILES string of the molecule is CN(CC(C)(C)O)C1CCC(CNc2cc(-n3c(C(F)F)nc4ccccc43)nc(N3CCOCC3)n2)CC1. The van der Waals surface area contributed by atoms with Crippen molar-refractivity contribution in [3.8, 4) is 5.82 Å². The number of imidazole rings is 1. The second-order valence-electron chi connectivity index (χ2n) is 11.4. The Bertz CT molecular complexity index is 1250. The van der Waals surface area contributed by atoms with Crippen LogP contribution in [0.3, 0.4) is 0 Å². The maximum atomic E-state index is 14.1. The standard InChI is InChI=1S/C28H39F2N7O2/c1-28(2,38)18-35(3)20-10-8-19(9-11-20)17-31-23-16-24(34-27(33-23)36-12-14-39-15-13-36)37-22-7-5-4-6-21(22)32-26(37)25(29)30/h4-7,16,19-20,25,38H,8-15,17-18H2,1-3H3,(H,31,33,34). The van der Waals surface area contributed by atoms with Crippen molar-refractivity contribution < 1.29 is 18.6 Å². The van der Waals surface area contributed by atoms with Crippen molar-refractivity contribution in [2.45, 2.75) is 57.6 Å². The molecule has 3 heterocycles. The first-order chi connectivity index (χ1) is 18.7. The third-order valence-electron chi connectivity index (χ3n) is 7.65. The number of morpholine rings is 1. The van der Waals surface area contributed by atoms with Crippen molar-refractivity contribution in [1.29, 1.82) is 0 Å². The Labute approximate surface area is 228 Å². The van der Waals surface area contributed by atoms with E-state index < -0.39 is 12.0 Å². The lowest BCUT2D eigenvalue weighted by Crippen LogP contribution is -2.43. The van der Waals surface area contributed by atoms with E-state index in [9.17, 15) is 13.9 Å². The number of rotatable bonds is 9. The minimum atomic E-state index is -2.75. The third-order valence-corrected chi connectivity index (χ3v) is 7.65. The molecule has 0 amide bonds. The number of hydrogen-bond donors (Lipinski definition) is 2. The van der Waals surface area contributed by atoms with E-state index in [1.165, 1.54) is 4.57 Å². The van der Waals surface area contributed by atoms with Crippen LogP contribution in [0.15, 0.2) is 30.3 Å². The van der Waals surface area contributed by atoms with Crippen molar-refractivity contribution in [3.05, 3.63) is 36.2 Å². The normalized spacial score (nSPS) is 20.8. The summed E-state index contributed by atoms with van der Waals surface area (Å²) in [5.41, 5.74) is 0.375. The number of para-hydroxylation sites is 2. The maximum Gasteiger partial charge on any atom is 0.296 e. The summed E-state index contributed by atoms with van der Waals surface area (Å²) in [6.45, 7) is 7.49. The van der Waals surface area contributed by atoms with Crippen LogP contribution < -0.4 is 10.2 Å². The van der Waals surface area contributed by atoms with E-state index in [2.05, 4.69) is 22.2 Å². The quantitative estimate of drug-likeness (QED) is 0.414. The van der Waals surface area contributed by atoms with Crippen LogP contribution in [0.5, 0.6) is 0 Å². The number of aliphatic hydroxyl groups is 1. The molecule has 1 aromatic carbocycles. The number of likely N-dealkylation sites (N-methyl/N-ethyl adjacent to an activating group) is 1. The molecule has 0 radical (unpaired) electrons. The molecule has 0 bridgehead atoms. The first-order valence-electron chi connectivity index (χ1n) is 13.8. The molecule has 2 N–H and O–H groups in total. The summed E-state index contributed by atoms with van der Waals surface area (Å²) in [7, 11) is 2.09. The second-order valence-corrected chi connectivity index (χ2v) is 11.4. The van der Waals surface area contributed by atoms with Gasteiger partial charge in [0, 0.05) is 38.3 Å². The summed E-state index contributed by atoms with van der Waals surface area (Å²) < 4.78 is 35.1. The molecule has 212 valence electrons. The minimum Gasteiger partial charge on any atom is -0.389 e. The van der Waals surface area contributed by atoms with Gasteiger partial charge in [-0.1, -0.05) is 12.1 Å². The van der Waals surface area contributed by atoms with Gasteiger partial charge in [0.15, 0.2) is 5.82 Å². The van der Waals surface area contributed by atoms with Gasteiger partial charge in [0.05, 0.1) is 29.8 Å². The average Bonchev–Trinajstić information content (AvgIpc) is 3.32. The first-order valence-corrected chi connectivity index (χ1v) is 13.8. The van der Waals surface area contributed by atoms with Gasteiger partial charge in [0.2, 0.25) is 5.95 Å². The Balaban J connectivity index is 1.36. The highest BCUT2D eigenvalue weighted by molar-refractivity contribution is 5.78. The van der Waals surface area contributed by atoms with E-state index in [4.69, 9.17) is 14.7 Å². The molecule has 2 aliphatic rings. The molecule has 39 heavy (non-hydrogen) atoms. The van der Waals surface area contributed by atoms with Gasteiger partial charge in [-0.15, -0.1) is 0 Å². The molecule has 11 heteroatoms. The van der Waals surface area contributed by atoms with Crippen LogP contribution in [0, 0.1) is 5.92 Å². The lowest BCUT2D eigenvalue weighted by molar-refractivity contribution is 0.0228. The number of benzene rings is 1. The minimum absolute atomic E-state index is 0.331. The van der Waals surface area contributed by atoms with Gasteiger partial charge >= 0.3 is 0 Å². The molecule has 3 aromatic rings. The summed E-state index contributed by atoms with van der Waals surface area (Å²) in [5, 5.41) is 13.7. The number of nitrogens with one attached hydrogen (secondary N) is 1. The molecule has 0 unspecified atom stereocenters. The van der Waals surface area contributed by atoms with Gasteiger partial charge in [-0.25, -0.2) is 13.8 Å². The van der Waals surface area contributed by atoms with Crippen molar-refractivity contribution in [1.82, 2.24) is 24.4 Å². The average molecular weight is 544 g/mol. The van der Waals surface area contributed by atoms with Gasteiger partial charge in [-0.2, -0.15) is 9.97 Å². The number of nitrogens with zero attached hydrogens (tertiary/aromatic N) is 6. The van der Waals surface area contributed by atoms with Crippen molar-refractivity contribution in [2.75, 3.05) is 56.7 Å². The van der Waals surface area contributed by atoms with Crippen molar-refractivity contribution >= 4 is 22.8 Å². The number of anilines is 2. The number of halogens is 2. The molecule has 1 aliphatic carbocycles. The number of alkyl halides is 2. The van der Waals surface area contributed by atoms with Crippen LogP contribution in [-0.2, 0) is 4.74 Å². The fourth-order valence-corrected chi connectivity index (χ4v) is 5.74. The molecule has 0 spiro atoms. The van der Waals surface area contributed by atoms with Crippen LogP contribution in [0.1, 0.15) is 51.8 Å². The molecule has 9 nitrogen and oxygen atoms in total. The fourth-order valence-electron chi connectivity index (χ4n) is 5.74. The fraction of sp³-hybridized carbons (Fsp3) is 0.607. The van der Waals surface area contributed by atoms with Gasteiger partial charge in [-0.05, 0) is 64.6 Å². The molecular formula is C28H39F2N7O2. The summed E-state index contributed by atoms with van der Waals surface area (Å²) in [5.74, 6) is 1.62. The molecule has 1 saturated heterocycles. The van der Waals surface area contributed by atoms with E-state index in [0.717, 1.165) is 32.2 Å². The molecule has 5 rings (SSSR count). The molecule has 0 atom stereocenters. The predicted octanol–water partition coefficient (Wildman–Crippen LogP) is 4.26. The Kier molecular flexibility index (Phi) is 8.29. The van der Waals surface area contributed by atoms with Crippen LogP contribution >= 0.6 is 0 Å². The highest BCUT2D eigenvalue weighted by Crippen LogP contribution is 2.31. The maximum absolute atomic E-state index is 14.1. The van der Waals surface area contributed by atoms with E-state index >= 15 is 0 Å². The number of hydrogen-bond acceptors (Lipinski definition) is 8. The second kappa shape index (κ2) is 11.7. The smallest absolute Gasteiger partial charge is 0.296 e. The number of fused-ring (bicyclic) bond motifs is 1. The van der Waals surface area contributed by atoms with Gasteiger partial charge < -0.3 is 25.0 Å². The predicted molar refractivity (Wildman–Crippen MR) is 148 cm³/mol. The van der Waals surface area contributed by atoms with E-state index in [1.807, 2.05) is 24.8 Å². The Morgan fingerprint density at radius 2 is 1.82 bits per heavy atom. The van der Waals surface area contributed by atoms with E-state index in [-0.39, 0.29) is 5.82 Å². The van der Waals surface area contributed by atoms with Gasteiger partial charge in [0.25, 0.3) is 6.43 Å². The highest BCUT2D eigenvalue weighted by atomic mass is 19.3. The van der Waals surface area contributed by atoms with Crippen molar-refractivity contribution in [3.63, 3.8) is 0 Å². The molecule has 1 saturated carbocycles. The van der Waals surface area contributed by atoms with Gasteiger partial charge in [-0.3, -0.25) is 4.57 Å². The van der Waals surface area contributed by atoms with Crippen LogP contribution in [0.4, 0.5) is 20.5 Å².